The molecule has 0 N–H and O–H groups in total. The molecule has 4 nitrogen and oxygen atoms in total. The molecule has 0 bridgehead atoms. The van der Waals surface area contributed by atoms with Gasteiger partial charge in [0.25, 0.3) is 5.91 Å². The summed E-state index contributed by atoms with van der Waals surface area (Å²) >= 11 is 16.2. The third kappa shape index (κ3) is 4.32. The lowest BCUT2D eigenvalue weighted by Crippen LogP contribution is -2.27. The lowest BCUT2D eigenvalue weighted by atomic mass is 10.2. The summed E-state index contributed by atoms with van der Waals surface area (Å²) in [5.41, 5.74) is 1.47. The molecule has 1 amide bonds. The number of ether oxygens (including phenoxy) is 2. The zero-order valence-corrected chi connectivity index (χ0v) is 18.5. The molecule has 1 heterocycles. The van der Waals surface area contributed by atoms with Gasteiger partial charge in [-0.1, -0.05) is 41.6 Å². The van der Waals surface area contributed by atoms with Crippen LogP contribution in [-0.2, 0) is 4.79 Å². The molecule has 1 fully saturated rings. The minimum absolute atomic E-state index is 0.183. The van der Waals surface area contributed by atoms with E-state index in [9.17, 15) is 4.79 Å². The van der Waals surface area contributed by atoms with Gasteiger partial charge in [-0.2, -0.15) is 0 Å². The first kappa shape index (κ1) is 20.2. The number of carbonyl (C=O) groups is 1. The largest absolute Gasteiger partial charge is 0.493 e. The average Bonchev–Trinajstić information content (AvgIpc) is 2.91. The predicted octanol–water partition coefficient (Wildman–Crippen LogP) is 5.92. The van der Waals surface area contributed by atoms with Gasteiger partial charge in [0.2, 0.25) is 0 Å². The lowest BCUT2D eigenvalue weighted by molar-refractivity contribution is -0.113. The minimum atomic E-state index is -0.183. The molecule has 140 valence electrons. The van der Waals surface area contributed by atoms with Gasteiger partial charge in [-0.25, -0.2) is 0 Å². The zero-order chi connectivity index (χ0) is 19.6. The van der Waals surface area contributed by atoms with Crippen molar-refractivity contribution in [1.29, 1.82) is 0 Å². The fourth-order valence-corrected chi connectivity index (χ4v) is 4.24. The number of carbonyl (C=O) groups excluding carboxylic acids is 1. The van der Waals surface area contributed by atoms with Crippen molar-refractivity contribution in [3.63, 3.8) is 0 Å². The molecule has 8 heteroatoms. The fourth-order valence-electron chi connectivity index (χ4n) is 2.52. The van der Waals surface area contributed by atoms with E-state index in [1.54, 1.807) is 31.4 Å². The van der Waals surface area contributed by atoms with Gasteiger partial charge in [0, 0.05) is 4.47 Å². The Balaban J connectivity index is 1.92. The standard InChI is InChI=1S/C19H15BrClNO3S2/c1-3-25-16-8-11(4-7-15(16)24-2)9-17-18(23)22(19(26)27-17)12-5-6-13(20)14(21)10-12/h4-10H,3H2,1-2H3/b17-9+. The summed E-state index contributed by atoms with van der Waals surface area (Å²) in [7, 11) is 1.59. The van der Waals surface area contributed by atoms with Crippen LogP contribution in [0.3, 0.4) is 0 Å². The molecule has 0 saturated carbocycles. The molecule has 1 aliphatic rings. The highest BCUT2D eigenvalue weighted by Gasteiger charge is 2.33. The number of rotatable bonds is 5. The van der Waals surface area contributed by atoms with Crippen molar-refractivity contribution in [1.82, 2.24) is 0 Å². The van der Waals surface area contributed by atoms with Crippen LogP contribution in [0.5, 0.6) is 11.5 Å². The highest BCUT2D eigenvalue weighted by Crippen LogP contribution is 2.38. The molecule has 0 atom stereocenters. The SMILES string of the molecule is CCOc1cc(/C=C2/SC(=S)N(c3ccc(Br)c(Cl)c3)C2=O)ccc1OC. The Hall–Kier alpha value is -1.54. The Morgan fingerprint density at radius 1 is 1.26 bits per heavy atom. The number of nitrogens with zero attached hydrogens (tertiary/aromatic N) is 1. The number of benzene rings is 2. The first-order valence-corrected chi connectivity index (χ1v) is 10.4. The number of halogens is 2. The van der Waals surface area contributed by atoms with Gasteiger partial charge in [0.05, 0.1) is 29.3 Å². The molecule has 0 radical (unpaired) electrons. The molecule has 1 aliphatic heterocycles. The summed E-state index contributed by atoms with van der Waals surface area (Å²) in [6.45, 7) is 2.42. The predicted molar refractivity (Wildman–Crippen MR) is 119 cm³/mol. The highest BCUT2D eigenvalue weighted by atomic mass is 79.9. The Bertz CT molecular complexity index is 949. The van der Waals surface area contributed by atoms with Crippen molar-refractivity contribution in [2.45, 2.75) is 6.92 Å². The molecular weight excluding hydrogens is 470 g/mol. The topological polar surface area (TPSA) is 38.8 Å². The summed E-state index contributed by atoms with van der Waals surface area (Å²) in [4.78, 5) is 14.9. The molecule has 0 aromatic heterocycles. The van der Waals surface area contributed by atoms with Crippen LogP contribution in [0.15, 0.2) is 45.8 Å². The van der Waals surface area contributed by atoms with Crippen molar-refractivity contribution < 1.29 is 14.3 Å². The van der Waals surface area contributed by atoms with Crippen molar-refractivity contribution >= 4 is 73.5 Å². The van der Waals surface area contributed by atoms with E-state index >= 15 is 0 Å². The normalized spacial score (nSPS) is 15.6. The number of hydrogen-bond donors (Lipinski definition) is 0. The first-order chi connectivity index (χ1) is 12.9. The summed E-state index contributed by atoms with van der Waals surface area (Å²) in [6.07, 6.45) is 1.79. The summed E-state index contributed by atoms with van der Waals surface area (Å²) < 4.78 is 12.1. The van der Waals surface area contributed by atoms with Crippen LogP contribution in [0.2, 0.25) is 5.02 Å². The zero-order valence-electron chi connectivity index (χ0n) is 14.5. The lowest BCUT2D eigenvalue weighted by Gasteiger charge is -2.15. The second-order valence-electron chi connectivity index (χ2n) is 5.46. The Kier molecular flexibility index (Phi) is 6.47. The van der Waals surface area contributed by atoms with E-state index in [1.165, 1.54) is 16.7 Å². The van der Waals surface area contributed by atoms with Crippen LogP contribution < -0.4 is 14.4 Å². The van der Waals surface area contributed by atoms with Gasteiger partial charge in [-0.15, -0.1) is 0 Å². The number of hydrogen-bond acceptors (Lipinski definition) is 5. The van der Waals surface area contributed by atoms with Crippen molar-refractivity contribution in [2.24, 2.45) is 0 Å². The van der Waals surface area contributed by atoms with Crippen molar-refractivity contribution in [2.75, 3.05) is 18.6 Å². The quantitative estimate of drug-likeness (QED) is 0.389. The molecular formula is C19H15BrClNO3S2. The maximum atomic E-state index is 12.9. The molecule has 0 unspecified atom stereocenters. The summed E-state index contributed by atoms with van der Waals surface area (Å²) in [5, 5.41) is 0.516. The van der Waals surface area contributed by atoms with Crippen molar-refractivity contribution in [3.8, 4) is 11.5 Å². The van der Waals surface area contributed by atoms with Gasteiger partial charge in [-0.05, 0) is 64.8 Å². The van der Waals surface area contributed by atoms with Gasteiger partial charge in [0.15, 0.2) is 15.8 Å². The summed E-state index contributed by atoms with van der Waals surface area (Å²) in [5.74, 6) is 1.09. The number of amides is 1. The van der Waals surface area contributed by atoms with Crippen molar-refractivity contribution in [3.05, 3.63) is 56.4 Å². The smallest absolute Gasteiger partial charge is 0.270 e. The second-order valence-corrected chi connectivity index (χ2v) is 8.40. The number of methoxy groups -OCH3 is 1. The second kappa shape index (κ2) is 8.65. The monoisotopic (exact) mass is 483 g/mol. The minimum Gasteiger partial charge on any atom is -0.493 e. The van der Waals surface area contributed by atoms with Gasteiger partial charge < -0.3 is 9.47 Å². The Morgan fingerprint density at radius 3 is 2.70 bits per heavy atom. The molecule has 2 aromatic carbocycles. The van der Waals surface area contributed by atoms with Crippen LogP contribution >= 0.6 is 51.5 Å². The number of thiocarbonyl (C=S) groups is 1. The molecule has 0 spiro atoms. The van der Waals surface area contributed by atoms with Crippen LogP contribution in [0.1, 0.15) is 12.5 Å². The van der Waals surface area contributed by atoms with E-state index in [1.807, 2.05) is 25.1 Å². The molecule has 0 aliphatic carbocycles. The molecule has 1 saturated heterocycles. The van der Waals surface area contributed by atoms with E-state index in [-0.39, 0.29) is 5.91 Å². The van der Waals surface area contributed by atoms with E-state index in [0.29, 0.717) is 38.0 Å². The van der Waals surface area contributed by atoms with Crippen LogP contribution in [-0.4, -0.2) is 23.9 Å². The third-order valence-electron chi connectivity index (χ3n) is 3.74. The number of thioether (sulfide) groups is 1. The van der Waals surface area contributed by atoms with E-state index in [4.69, 9.17) is 33.3 Å². The maximum Gasteiger partial charge on any atom is 0.270 e. The Morgan fingerprint density at radius 2 is 2.04 bits per heavy atom. The van der Waals surface area contributed by atoms with Gasteiger partial charge in [-0.3, -0.25) is 9.69 Å². The van der Waals surface area contributed by atoms with Crippen LogP contribution in [0, 0.1) is 0 Å². The highest BCUT2D eigenvalue weighted by molar-refractivity contribution is 9.10. The molecule has 27 heavy (non-hydrogen) atoms. The summed E-state index contributed by atoms with van der Waals surface area (Å²) in [6, 6.07) is 10.8. The van der Waals surface area contributed by atoms with E-state index in [2.05, 4.69) is 15.9 Å². The molecule has 3 rings (SSSR count). The number of anilines is 1. The third-order valence-corrected chi connectivity index (χ3v) is 6.28. The van der Waals surface area contributed by atoms with Crippen LogP contribution in [0.4, 0.5) is 5.69 Å². The average molecular weight is 485 g/mol. The van der Waals surface area contributed by atoms with E-state index < -0.39 is 0 Å². The molecule has 2 aromatic rings. The van der Waals surface area contributed by atoms with Crippen LogP contribution in [0.25, 0.3) is 6.08 Å². The van der Waals surface area contributed by atoms with Gasteiger partial charge in [0.1, 0.15) is 0 Å². The maximum absolute atomic E-state index is 12.9. The fraction of sp³-hybridized carbons (Fsp3) is 0.158. The Labute approximate surface area is 180 Å². The van der Waals surface area contributed by atoms with Gasteiger partial charge >= 0.3 is 0 Å². The first-order valence-electron chi connectivity index (χ1n) is 7.98. The van der Waals surface area contributed by atoms with E-state index in [0.717, 1.165) is 10.0 Å².